The van der Waals surface area contributed by atoms with Gasteiger partial charge in [0.1, 0.15) is 23.7 Å². The Morgan fingerprint density at radius 1 is 0.843 bits per heavy atom. The van der Waals surface area contributed by atoms with Gasteiger partial charge >= 0.3 is 11.9 Å². The van der Waals surface area contributed by atoms with Gasteiger partial charge in [-0.2, -0.15) is 0 Å². The lowest BCUT2D eigenvalue weighted by Crippen LogP contribution is -2.63. The topological polar surface area (TPSA) is 213 Å². The number of rotatable bonds is 6. The van der Waals surface area contributed by atoms with Crippen LogP contribution in [0.1, 0.15) is 93.8 Å². The van der Waals surface area contributed by atoms with Crippen molar-refractivity contribution in [2.45, 2.75) is 100 Å². The first-order valence-electron chi connectivity index (χ1n) is 16.9. The quantitative estimate of drug-likeness (QED) is 0.292. The maximum atomic E-state index is 13.3. The van der Waals surface area contributed by atoms with Crippen LogP contribution in [0.2, 0.25) is 0 Å². The van der Waals surface area contributed by atoms with Crippen molar-refractivity contribution in [1.82, 2.24) is 0 Å². The van der Waals surface area contributed by atoms with Gasteiger partial charge in [-0.3, -0.25) is 28.8 Å². The van der Waals surface area contributed by atoms with Crippen molar-refractivity contribution in [1.29, 1.82) is 0 Å². The summed E-state index contributed by atoms with van der Waals surface area (Å²) in [6.07, 6.45) is -3.21. The van der Waals surface area contributed by atoms with Gasteiger partial charge in [0.2, 0.25) is 17.2 Å². The van der Waals surface area contributed by atoms with E-state index in [1.54, 1.807) is 0 Å². The predicted octanol–water partition coefficient (Wildman–Crippen LogP) is 2.72. The minimum absolute atomic E-state index is 0.0342. The number of ether oxygens (including phenoxy) is 5. The first kappa shape index (κ1) is 34.7. The minimum atomic E-state index is -1.53. The number of Topliss-reactive ketones (excluding diaryl/α,β-unsaturated/α-hetero) is 4. The summed E-state index contributed by atoms with van der Waals surface area (Å²) in [5.74, 6) is -3.54. The monoisotopic (exact) mass is 704 g/mol. The number of hydrogen-bond acceptors (Lipinski definition) is 14. The normalized spacial score (nSPS) is 32.7. The van der Waals surface area contributed by atoms with Crippen molar-refractivity contribution in [3.05, 3.63) is 69.8 Å². The molecular formula is C37H36O14. The zero-order valence-electron chi connectivity index (χ0n) is 28.0. The number of aromatic hydroxyl groups is 2. The van der Waals surface area contributed by atoms with Crippen molar-refractivity contribution < 1.29 is 67.8 Å². The highest BCUT2D eigenvalue weighted by Gasteiger charge is 2.91. The predicted molar refractivity (Wildman–Crippen MR) is 171 cm³/mol. The van der Waals surface area contributed by atoms with Gasteiger partial charge in [0.25, 0.3) is 0 Å². The molecular weight excluding hydrogens is 668 g/mol. The number of aliphatic hydroxyl groups excluding tert-OH is 1. The third-order valence-corrected chi connectivity index (χ3v) is 10.5. The van der Waals surface area contributed by atoms with Crippen LogP contribution in [0.15, 0.2) is 47.5 Å². The molecule has 3 saturated heterocycles. The first-order chi connectivity index (χ1) is 24.4. The Morgan fingerprint density at radius 3 is 2.18 bits per heavy atom. The van der Waals surface area contributed by atoms with Crippen molar-refractivity contribution in [2.24, 2.45) is 0 Å². The van der Waals surface area contributed by atoms with Crippen LogP contribution in [-0.2, 0) is 33.3 Å². The lowest BCUT2D eigenvalue weighted by atomic mass is 9.66. The summed E-state index contributed by atoms with van der Waals surface area (Å²) in [6, 6.07) is 8.60. The van der Waals surface area contributed by atoms with Crippen LogP contribution in [-0.4, -0.2) is 105 Å². The number of benzene rings is 2. The van der Waals surface area contributed by atoms with Gasteiger partial charge in [-0.05, 0) is 25.0 Å². The van der Waals surface area contributed by atoms with E-state index < -0.39 is 82.9 Å². The van der Waals surface area contributed by atoms with E-state index in [0.29, 0.717) is 25.7 Å². The maximum Gasteiger partial charge on any atom is 0.309 e. The second-order valence-electron chi connectivity index (χ2n) is 13.4. The Bertz CT molecular complexity index is 1930. The van der Waals surface area contributed by atoms with Gasteiger partial charge in [-0.1, -0.05) is 51.0 Å². The zero-order chi connectivity index (χ0) is 36.6. The number of fused-ring (bicyclic) bond motifs is 3. The minimum Gasteiger partial charge on any atom is -0.507 e. The van der Waals surface area contributed by atoms with E-state index in [0.717, 1.165) is 0 Å². The number of ketones is 4. The molecule has 4 unspecified atom stereocenters. The number of aliphatic hydroxyl groups is 1. The smallest absolute Gasteiger partial charge is 0.309 e. The summed E-state index contributed by atoms with van der Waals surface area (Å²) in [5, 5.41) is 30.9. The second-order valence-corrected chi connectivity index (χ2v) is 13.4. The fourth-order valence-corrected chi connectivity index (χ4v) is 8.23. The lowest BCUT2D eigenvalue weighted by Gasteiger charge is -2.39. The van der Waals surface area contributed by atoms with E-state index in [1.807, 2.05) is 13.8 Å². The molecule has 2 aromatic rings. The maximum absolute atomic E-state index is 13.3. The standard InChI is InChI=1S/C19H20O7.C18H16O7/c1-3-5-11-15-16(18(23)12(26-11)8-13(21)25-2)17(22)9-6-4-7-10(20)14(9)19(15)24;1-2-4-11-17-15(22)13-8(5-3-6-9(13)19)14(21)18(17,25-17)16-10(23-11)7-12(20)24-16/h4,6-7,11-12,18,20,23H,3,5,8H2,1-2H3;3,5-6,10-11,16,19H,2,4,7H2,1H3/t11-,12-,18+;10-,11?,16?,17?,18?/m11/s1. The summed E-state index contributed by atoms with van der Waals surface area (Å²) in [4.78, 5) is 75.9. The van der Waals surface area contributed by atoms with Crippen molar-refractivity contribution in [2.75, 3.05) is 7.11 Å². The average Bonchev–Trinajstić information content (AvgIpc) is 3.71. The highest BCUT2D eigenvalue weighted by atomic mass is 16.7. The van der Waals surface area contributed by atoms with Crippen molar-refractivity contribution >= 4 is 35.1 Å². The summed E-state index contributed by atoms with van der Waals surface area (Å²) in [5.41, 5.74) is -2.98. The molecule has 8 rings (SSSR count). The molecule has 3 N–H and O–H groups in total. The molecule has 0 bridgehead atoms. The molecule has 4 heterocycles. The fraction of sp³-hybridized carbons (Fsp3) is 0.459. The van der Waals surface area contributed by atoms with Gasteiger partial charge < -0.3 is 39.0 Å². The summed E-state index contributed by atoms with van der Waals surface area (Å²) < 4.78 is 27.6. The van der Waals surface area contributed by atoms with Crippen LogP contribution in [0.5, 0.6) is 11.5 Å². The van der Waals surface area contributed by atoms with Crippen LogP contribution in [0.25, 0.3) is 0 Å². The van der Waals surface area contributed by atoms with E-state index >= 15 is 0 Å². The summed E-state index contributed by atoms with van der Waals surface area (Å²) >= 11 is 0. The molecule has 8 atom stereocenters. The van der Waals surface area contributed by atoms with Crippen molar-refractivity contribution in [3.8, 4) is 11.5 Å². The first-order valence-corrected chi connectivity index (χ1v) is 16.9. The van der Waals surface area contributed by atoms with E-state index in [9.17, 15) is 44.1 Å². The van der Waals surface area contributed by atoms with E-state index in [4.69, 9.17) is 18.9 Å². The number of carbonyl (C=O) groups is 6. The van der Waals surface area contributed by atoms with Crippen molar-refractivity contribution in [3.63, 3.8) is 0 Å². The van der Waals surface area contributed by atoms with E-state index in [-0.39, 0.29) is 57.7 Å². The van der Waals surface area contributed by atoms with Crippen LogP contribution in [0.3, 0.4) is 0 Å². The third-order valence-electron chi connectivity index (χ3n) is 10.5. The Hall–Kier alpha value is -4.76. The number of methoxy groups -OCH3 is 1. The molecule has 0 saturated carbocycles. The Balaban J connectivity index is 0.000000159. The van der Waals surface area contributed by atoms with Crippen LogP contribution in [0.4, 0.5) is 0 Å². The SMILES string of the molecule is CCCC1O[C@@H]2CC(=O)OC2C23OC12C(=O)c1c(O)cccc1C3=O.CCC[C@H]1O[C@H](CC(=O)OC)[C@H](O)C2=C1C(=O)c1c(O)cccc1C2=O. The molecule has 2 aromatic carbocycles. The average molecular weight is 705 g/mol. The molecule has 0 spiro atoms. The van der Waals surface area contributed by atoms with Gasteiger partial charge in [-0.15, -0.1) is 0 Å². The second kappa shape index (κ2) is 12.5. The molecule has 0 radical (unpaired) electrons. The molecule has 4 aliphatic heterocycles. The van der Waals surface area contributed by atoms with E-state index in [2.05, 4.69) is 4.74 Å². The summed E-state index contributed by atoms with van der Waals surface area (Å²) in [6.45, 7) is 3.83. The van der Waals surface area contributed by atoms with Gasteiger partial charge in [0, 0.05) is 22.3 Å². The van der Waals surface area contributed by atoms with Crippen LogP contribution < -0.4 is 0 Å². The Kier molecular flexibility index (Phi) is 8.48. The molecule has 0 amide bonds. The largest absolute Gasteiger partial charge is 0.507 e. The van der Waals surface area contributed by atoms with Gasteiger partial charge in [0.15, 0.2) is 23.3 Å². The third kappa shape index (κ3) is 4.84. The number of phenols is 2. The van der Waals surface area contributed by atoms with Crippen LogP contribution in [0, 0.1) is 0 Å². The zero-order valence-corrected chi connectivity index (χ0v) is 28.0. The molecule has 268 valence electrons. The number of epoxide rings is 1. The lowest BCUT2D eigenvalue weighted by molar-refractivity contribution is -0.148. The Morgan fingerprint density at radius 2 is 1.51 bits per heavy atom. The number of carbonyl (C=O) groups excluding carboxylic acids is 6. The fourth-order valence-electron chi connectivity index (χ4n) is 8.23. The number of hydrogen-bond donors (Lipinski definition) is 3. The Labute approximate surface area is 291 Å². The highest BCUT2D eigenvalue weighted by Crippen LogP contribution is 2.66. The van der Waals surface area contributed by atoms with Gasteiger partial charge in [0.05, 0.1) is 49.4 Å². The molecule has 14 nitrogen and oxygen atoms in total. The summed E-state index contributed by atoms with van der Waals surface area (Å²) in [7, 11) is 1.22. The number of esters is 2. The molecule has 2 aliphatic carbocycles. The molecule has 6 aliphatic rings. The molecule has 14 heteroatoms. The number of phenolic OH excluding ortho intramolecular Hbond substituents is 2. The molecule has 51 heavy (non-hydrogen) atoms. The van der Waals surface area contributed by atoms with Gasteiger partial charge in [-0.25, -0.2) is 0 Å². The molecule has 0 aromatic heterocycles. The highest BCUT2D eigenvalue weighted by molar-refractivity contribution is 6.29. The van der Waals surface area contributed by atoms with E-state index in [1.165, 1.54) is 43.5 Å². The van der Waals surface area contributed by atoms with Crippen LogP contribution >= 0.6 is 0 Å². The molecule has 3 fully saturated rings.